The second-order valence-corrected chi connectivity index (χ2v) is 19.9. The summed E-state index contributed by atoms with van der Waals surface area (Å²) < 4.78 is 16.9. The van der Waals surface area contributed by atoms with Gasteiger partial charge in [-0.15, -0.1) is 0 Å². The third-order valence-electron chi connectivity index (χ3n) is 13.2. The van der Waals surface area contributed by atoms with Crippen LogP contribution in [0.3, 0.4) is 0 Å². The quantitative estimate of drug-likeness (QED) is 0.0262. The van der Waals surface area contributed by atoms with Crippen LogP contribution in [-0.4, -0.2) is 37.2 Å². The van der Waals surface area contributed by atoms with E-state index in [-0.39, 0.29) is 31.1 Å². The van der Waals surface area contributed by atoms with Crippen LogP contribution < -0.4 is 0 Å². The van der Waals surface area contributed by atoms with E-state index in [1.807, 2.05) is 0 Å². The maximum absolute atomic E-state index is 12.8. The van der Waals surface area contributed by atoms with Gasteiger partial charge in [0.2, 0.25) is 0 Å². The lowest BCUT2D eigenvalue weighted by Crippen LogP contribution is -2.30. The standard InChI is InChI=1S/C60H112O6/c1-4-7-10-13-16-19-22-24-26-28-30-32-33-35-38-41-44-47-50-53-59(62)65-56-57(55-64-58(61)52-49-46-43-40-37-21-18-15-12-9-6-3)66-60(63)54-51-48-45-42-39-36-34-31-29-27-25-23-20-17-14-11-8-5-2/h15,18,27,29,57H,4-14,16-17,19-26,28,30-56H2,1-3H3/b18-15-,29-27-. The van der Waals surface area contributed by atoms with E-state index in [1.54, 1.807) is 0 Å². The molecular formula is C60H112O6. The zero-order chi connectivity index (χ0) is 47.9. The van der Waals surface area contributed by atoms with Gasteiger partial charge in [0.05, 0.1) is 0 Å². The van der Waals surface area contributed by atoms with E-state index in [4.69, 9.17) is 14.2 Å². The van der Waals surface area contributed by atoms with Crippen molar-refractivity contribution in [2.75, 3.05) is 13.2 Å². The molecule has 0 spiro atoms. The van der Waals surface area contributed by atoms with Crippen molar-refractivity contribution < 1.29 is 28.6 Å². The summed E-state index contributed by atoms with van der Waals surface area (Å²) in [6, 6.07) is 0. The summed E-state index contributed by atoms with van der Waals surface area (Å²) in [6.07, 6.45) is 64.6. The first kappa shape index (κ1) is 63.9. The Morgan fingerprint density at radius 2 is 0.515 bits per heavy atom. The van der Waals surface area contributed by atoms with E-state index in [2.05, 4.69) is 45.1 Å². The lowest BCUT2D eigenvalue weighted by Gasteiger charge is -2.18. The first-order valence-corrected chi connectivity index (χ1v) is 29.3. The number of ether oxygens (including phenoxy) is 3. The van der Waals surface area contributed by atoms with Crippen LogP contribution in [0.5, 0.6) is 0 Å². The van der Waals surface area contributed by atoms with E-state index in [9.17, 15) is 14.4 Å². The molecule has 0 N–H and O–H groups in total. The van der Waals surface area contributed by atoms with E-state index in [0.29, 0.717) is 19.3 Å². The third kappa shape index (κ3) is 52.9. The Hall–Kier alpha value is -2.11. The zero-order valence-corrected chi connectivity index (χ0v) is 44.5. The minimum Gasteiger partial charge on any atom is -0.462 e. The van der Waals surface area contributed by atoms with Crippen LogP contribution in [0, 0.1) is 0 Å². The van der Waals surface area contributed by atoms with Gasteiger partial charge in [-0.3, -0.25) is 14.4 Å². The molecular weight excluding hydrogens is 817 g/mol. The van der Waals surface area contributed by atoms with Crippen LogP contribution in [0.15, 0.2) is 24.3 Å². The molecule has 0 amide bonds. The maximum atomic E-state index is 12.8. The van der Waals surface area contributed by atoms with Crippen molar-refractivity contribution in [2.24, 2.45) is 0 Å². The fourth-order valence-corrected chi connectivity index (χ4v) is 8.71. The lowest BCUT2D eigenvalue weighted by atomic mass is 10.0. The Morgan fingerprint density at radius 3 is 0.803 bits per heavy atom. The van der Waals surface area contributed by atoms with Crippen LogP contribution in [0.2, 0.25) is 0 Å². The van der Waals surface area contributed by atoms with Crippen LogP contribution >= 0.6 is 0 Å². The van der Waals surface area contributed by atoms with Gasteiger partial charge in [-0.25, -0.2) is 0 Å². The van der Waals surface area contributed by atoms with Crippen molar-refractivity contribution in [1.29, 1.82) is 0 Å². The molecule has 6 heteroatoms. The van der Waals surface area contributed by atoms with Gasteiger partial charge in [-0.05, 0) is 64.2 Å². The van der Waals surface area contributed by atoms with Crippen molar-refractivity contribution in [3.8, 4) is 0 Å². The minimum atomic E-state index is -0.773. The number of unbranched alkanes of at least 4 members (excludes halogenated alkanes) is 39. The summed E-state index contributed by atoms with van der Waals surface area (Å²) in [7, 11) is 0. The monoisotopic (exact) mass is 929 g/mol. The van der Waals surface area contributed by atoms with Crippen LogP contribution in [-0.2, 0) is 28.6 Å². The van der Waals surface area contributed by atoms with Gasteiger partial charge >= 0.3 is 17.9 Å². The van der Waals surface area contributed by atoms with E-state index in [1.165, 1.54) is 218 Å². The van der Waals surface area contributed by atoms with Gasteiger partial charge < -0.3 is 14.2 Å². The molecule has 0 heterocycles. The smallest absolute Gasteiger partial charge is 0.306 e. The van der Waals surface area contributed by atoms with Crippen molar-refractivity contribution in [2.45, 2.75) is 329 Å². The number of allylic oxidation sites excluding steroid dienone is 4. The summed E-state index contributed by atoms with van der Waals surface area (Å²) in [4.78, 5) is 38.1. The molecule has 0 aromatic rings. The highest BCUT2D eigenvalue weighted by Gasteiger charge is 2.19. The van der Waals surface area contributed by atoms with Crippen molar-refractivity contribution in [1.82, 2.24) is 0 Å². The van der Waals surface area contributed by atoms with Gasteiger partial charge in [-0.1, -0.05) is 263 Å². The van der Waals surface area contributed by atoms with Gasteiger partial charge in [0.15, 0.2) is 6.10 Å². The van der Waals surface area contributed by atoms with Crippen molar-refractivity contribution >= 4 is 17.9 Å². The number of carbonyl (C=O) groups excluding carboxylic acids is 3. The van der Waals surface area contributed by atoms with Crippen LogP contribution in [0.25, 0.3) is 0 Å². The fraction of sp³-hybridized carbons (Fsp3) is 0.883. The second kappa shape index (κ2) is 55.5. The van der Waals surface area contributed by atoms with Gasteiger partial charge in [0, 0.05) is 19.3 Å². The average Bonchev–Trinajstić information content (AvgIpc) is 3.31. The van der Waals surface area contributed by atoms with Crippen LogP contribution in [0.1, 0.15) is 323 Å². The number of rotatable bonds is 54. The third-order valence-corrected chi connectivity index (χ3v) is 13.2. The Morgan fingerprint density at radius 1 is 0.288 bits per heavy atom. The van der Waals surface area contributed by atoms with E-state index >= 15 is 0 Å². The van der Waals surface area contributed by atoms with Crippen molar-refractivity contribution in [3.05, 3.63) is 24.3 Å². The predicted octanol–water partition coefficient (Wildman–Crippen LogP) is 19.5. The normalized spacial score (nSPS) is 12.1. The van der Waals surface area contributed by atoms with E-state index in [0.717, 1.165) is 64.2 Å². The molecule has 0 aliphatic carbocycles. The Balaban J connectivity index is 4.28. The lowest BCUT2D eigenvalue weighted by molar-refractivity contribution is -0.167. The summed E-state index contributed by atoms with van der Waals surface area (Å²) in [5, 5.41) is 0. The van der Waals surface area contributed by atoms with E-state index < -0.39 is 6.10 Å². The SMILES string of the molecule is CCCC/C=C\CCCCCCCC(=O)OCC(COC(=O)CCCCCCCCCCCCCCCCCCCCC)OC(=O)CCCCCCCCC/C=C\CCCCCCCCC. The van der Waals surface area contributed by atoms with Gasteiger partial charge in [0.1, 0.15) is 13.2 Å². The molecule has 0 aliphatic rings. The first-order chi connectivity index (χ1) is 32.5. The molecule has 6 nitrogen and oxygen atoms in total. The molecule has 0 aromatic carbocycles. The first-order valence-electron chi connectivity index (χ1n) is 29.3. The molecule has 0 saturated carbocycles. The number of hydrogen-bond donors (Lipinski definition) is 0. The molecule has 1 unspecified atom stereocenters. The molecule has 66 heavy (non-hydrogen) atoms. The Labute approximate surface area is 411 Å². The van der Waals surface area contributed by atoms with Gasteiger partial charge in [0.25, 0.3) is 0 Å². The predicted molar refractivity (Wildman–Crippen MR) is 284 cm³/mol. The highest BCUT2D eigenvalue weighted by molar-refractivity contribution is 5.71. The molecule has 0 rings (SSSR count). The molecule has 0 radical (unpaired) electrons. The molecule has 0 saturated heterocycles. The second-order valence-electron chi connectivity index (χ2n) is 19.9. The highest BCUT2D eigenvalue weighted by atomic mass is 16.6. The largest absolute Gasteiger partial charge is 0.462 e. The molecule has 0 fully saturated rings. The Bertz CT molecular complexity index is 1070. The van der Waals surface area contributed by atoms with Crippen LogP contribution in [0.4, 0.5) is 0 Å². The number of esters is 3. The van der Waals surface area contributed by atoms with Crippen molar-refractivity contribution in [3.63, 3.8) is 0 Å². The molecule has 1 atom stereocenters. The molecule has 0 aromatic heterocycles. The highest BCUT2D eigenvalue weighted by Crippen LogP contribution is 2.17. The fourth-order valence-electron chi connectivity index (χ4n) is 8.71. The number of hydrogen-bond acceptors (Lipinski definition) is 6. The Kier molecular flexibility index (Phi) is 53.7. The zero-order valence-electron chi connectivity index (χ0n) is 44.5. The minimum absolute atomic E-state index is 0.0712. The maximum Gasteiger partial charge on any atom is 0.306 e. The topological polar surface area (TPSA) is 78.9 Å². The summed E-state index contributed by atoms with van der Waals surface area (Å²) >= 11 is 0. The summed E-state index contributed by atoms with van der Waals surface area (Å²) in [5.74, 6) is -0.866. The molecule has 388 valence electrons. The number of carbonyl (C=O) groups is 3. The van der Waals surface area contributed by atoms with Gasteiger partial charge in [-0.2, -0.15) is 0 Å². The molecule has 0 bridgehead atoms. The molecule has 0 aliphatic heterocycles. The summed E-state index contributed by atoms with van der Waals surface area (Å²) in [5.41, 5.74) is 0. The average molecular weight is 930 g/mol. The summed E-state index contributed by atoms with van der Waals surface area (Å²) in [6.45, 7) is 6.64.